The molecule has 0 saturated carbocycles. The molecule has 5 N–H and O–H groups in total. The molecule has 0 bridgehead atoms. The minimum Gasteiger partial charge on any atom is -0.394 e. The zero-order valence-electron chi connectivity index (χ0n) is 14.4. The summed E-state index contributed by atoms with van der Waals surface area (Å²) in [6.07, 6.45) is -0.345. The molecule has 10 heteroatoms. The van der Waals surface area contributed by atoms with Crippen LogP contribution in [0.2, 0.25) is 0 Å². The third-order valence-corrected chi connectivity index (χ3v) is 4.33. The Labute approximate surface area is 149 Å². The number of ether oxygens (including phenoxy) is 3. The van der Waals surface area contributed by atoms with E-state index in [2.05, 4.69) is 26.8 Å². The minimum atomic E-state index is -0.771. The van der Waals surface area contributed by atoms with Gasteiger partial charge < -0.3 is 30.8 Å². The van der Waals surface area contributed by atoms with Gasteiger partial charge in [-0.3, -0.25) is 4.57 Å². The van der Waals surface area contributed by atoms with Crippen LogP contribution in [-0.2, 0) is 14.2 Å². The maximum atomic E-state index is 9.64. The molecule has 2 fully saturated rings. The number of aromatic nitrogens is 4. The first kappa shape index (κ1) is 17.1. The summed E-state index contributed by atoms with van der Waals surface area (Å²) in [6.45, 7) is 3.65. The Morgan fingerprint density at radius 1 is 1.31 bits per heavy atom. The van der Waals surface area contributed by atoms with Gasteiger partial charge in [-0.25, -0.2) is 15.0 Å². The van der Waals surface area contributed by atoms with Crippen molar-refractivity contribution < 1.29 is 19.3 Å². The van der Waals surface area contributed by atoms with Gasteiger partial charge in [0, 0.05) is 0 Å². The topological polar surface area (TPSA) is 144 Å². The van der Waals surface area contributed by atoms with E-state index in [0.717, 1.165) is 0 Å². The van der Waals surface area contributed by atoms with Crippen LogP contribution in [0, 0.1) is 11.8 Å². The summed E-state index contributed by atoms with van der Waals surface area (Å²) in [5, 5.41) is 9.64. The van der Waals surface area contributed by atoms with Gasteiger partial charge in [-0.15, -0.1) is 0 Å². The molecule has 138 valence electrons. The predicted molar refractivity (Wildman–Crippen MR) is 90.5 cm³/mol. The van der Waals surface area contributed by atoms with Crippen molar-refractivity contribution in [3.8, 4) is 11.8 Å². The zero-order valence-corrected chi connectivity index (χ0v) is 14.4. The minimum absolute atomic E-state index is 0.186. The smallest absolute Gasteiger partial charge is 0.209 e. The fourth-order valence-electron chi connectivity index (χ4n) is 3.34. The Kier molecular flexibility index (Phi) is 4.06. The molecule has 26 heavy (non-hydrogen) atoms. The van der Waals surface area contributed by atoms with Crippen molar-refractivity contribution in [2.75, 3.05) is 18.9 Å². The maximum absolute atomic E-state index is 9.64. The number of imidazole rings is 1. The van der Waals surface area contributed by atoms with Gasteiger partial charge in [-0.05, 0) is 19.8 Å². The van der Waals surface area contributed by atoms with Gasteiger partial charge in [0.15, 0.2) is 23.5 Å². The van der Waals surface area contributed by atoms with Crippen molar-refractivity contribution in [2.24, 2.45) is 5.73 Å². The second-order valence-electron chi connectivity index (χ2n) is 6.57. The van der Waals surface area contributed by atoms with Crippen LogP contribution in [0.1, 0.15) is 25.9 Å². The number of hydrogen-bond donors (Lipinski definition) is 3. The first-order valence-electron chi connectivity index (χ1n) is 8.24. The summed E-state index contributed by atoms with van der Waals surface area (Å²) in [6, 6.07) is 0. The largest absolute Gasteiger partial charge is 0.394 e. The standard InChI is InChI=1S/C16H20N6O4/c1-16(2)25-11-8(6-23)24-15(12(11)26-16)22-7-19-10-13(18)20-9(4-3-5-17)21-14(10)22/h7-8,11-12,15,23H,5-6,17H2,1-2H3,(H2,18,20,21)/t8-,11+,12?,15-/m0/s1. The van der Waals surface area contributed by atoms with Crippen LogP contribution in [0.25, 0.3) is 11.2 Å². The summed E-state index contributed by atoms with van der Waals surface area (Å²) in [7, 11) is 0. The number of anilines is 1. The number of rotatable bonds is 2. The molecule has 2 aliphatic rings. The van der Waals surface area contributed by atoms with Gasteiger partial charge in [0.2, 0.25) is 5.82 Å². The lowest BCUT2D eigenvalue weighted by Gasteiger charge is -2.24. The van der Waals surface area contributed by atoms with Gasteiger partial charge in [-0.2, -0.15) is 0 Å². The number of hydrogen-bond acceptors (Lipinski definition) is 9. The molecule has 4 rings (SSSR count). The third-order valence-electron chi connectivity index (χ3n) is 4.33. The second-order valence-corrected chi connectivity index (χ2v) is 6.57. The van der Waals surface area contributed by atoms with Crippen LogP contribution in [0.5, 0.6) is 0 Å². The molecule has 0 radical (unpaired) electrons. The first-order valence-corrected chi connectivity index (χ1v) is 8.24. The number of aliphatic hydroxyl groups is 1. The molecular weight excluding hydrogens is 340 g/mol. The predicted octanol–water partition coefficient (Wildman–Crippen LogP) is -0.871. The molecule has 4 heterocycles. The first-order chi connectivity index (χ1) is 12.4. The van der Waals surface area contributed by atoms with E-state index in [1.807, 2.05) is 13.8 Å². The maximum Gasteiger partial charge on any atom is 0.209 e. The molecule has 10 nitrogen and oxygen atoms in total. The van der Waals surface area contributed by atoms with Crippen molar-refractivity contribution >= 4 is 17.0 Å². The van der Waals surface area contributed by atoms with Crippen molar-refractivity contribution in [3.05, 3.63) is 12.2 Å². The van der Waals surface area contributed by atoms with E-state index in [1.54, 1.807) is 10.9 Å². The SMILES string of the molecule is CC1(C)OC2[C@H](O1)[C@H](CO)O[C@@H]2n1cnc2c(N)nc(C#CCN)nc21. The van der Waals surface area contributed by atoms with Crippen molar-refractivity contribution in [1.82, 2.24) is 19.5 Å². The quantitative estimate of drug-likeness (QED) is 0.582. The number of nitrogen functional groups attached to an aromatic ring is 1. The molecule has 0 aliphatic carbocycles. The molecule has 2 saturated heterocycles. The van der Waals surface area contributed by atoms with E-state index < -0.39 is 30.3 Å². The van der Waals surface area contributed by atoms with Crippen LogP contribution in [0.15, 0.2) is 6.33 Å². The van der Waals surface area contributed by atoms with Gasteiger partial charge in [0.25, 0.3) is 0 Å². The Balaban J connectivity index is 1.78. The summed E-state index contributed by atoms with van der Waals surface area (Å²) in [5.41, 5.74) is 12.3. The van der Waals surface area contributed by atoms with Crippen molar-refractivity contribution in [2.45, 2.75) is 44.2 Å². The van der Waals surface area contributed by atoms with E-state index in [9.17, 15) is 5.11 Å². The van der Waals surface area contributed by atoms with Gasteiger partial charge in [0.05, 0.1) is 19.5 Å². The highest BCUT2D eigenvalue weighted by Gasteiger charge is 2.55. The average molecular weight is 360 g/mol. The number of nitrogens with zero attached hydrogens (tertiary/aromatic N) is 4. The highest BCUT2D eigenvalue weighted by Crippen LogP contribution is 2.43. The van der Waals surface area contributed by atoms with Crippen LogP contribution in [0.4, 0.5) is 5.82 Å². The van der Waals surface area contributed by atoms with Gasteiger partial charge >= 0.3 is 0 Å². The molecule has 0 aromatic carbocycles. The van der Waals surface area contributed by atoms with Crippen LogP contribution in [-0.4, -0.2) is 61.9 Å². The normalized spacial score (nSPS) is 29.5. The Morgan fingerprint density at radius 2 is 2.08 bits per heavy atom. The van der Waals surface area contributed by atoms with E-state index in [0.29, 0.717) is 11.2 Å². The molecule has 0 amide bonds. The molecule has 2 aliphatic heterocycles. The molecular formula is C16H20N6O4. The lowest BCUT2D eigenvalue weighted by molar-refractivity contribution is -0.199. The van der Waals surface area contributed by atoms with Crippen LogP contribution >= 0.6 is 0 Å². The monoisotopic (exact) mass is 360 g/mol. The van der Waals surface area contributed by atoms with E-state index in [4.69, 9.17) is 25.7 Å². The molecule has 4 atom stereocenters. The van der Waals surface area contributed by atoms with E-state index in [-0.39, 0.29) is 24.8 Å². The van der Waals surface area contributed by atoms with Crippen LogP contribution in [0.3, 0.4) is 0 Å². The third kappa shape index (κ3) is 2.70. The number of fused-ring (bicyclic) bond motifs is 2. The highest BCUT2D eigenvalue weighted by atomic mass is 16.8. The fourth-order valence-corrected chi connectivity index (χ4v) is 3.34. The molecule has 1 unspecified atom stereocenters. The lowest BCUT2D eigenvalue weighted by Crippen LogP contribution is -2.31. The Morgan fingerprint density at radius 3 is 2.81 bits per heavy atom. The number of aliphatic hydroxyl groups excluding tert-OH is 1. The molecule has 0 spiro atoms. The summed E-state index contributed by atoms with van der Waals surface area (Å²) >= 11 is 0. The zero-order chi connectivity index (χ0) is 18.5. The lowest BCUT2D eigenvalue weighted by atomic mass is 10.1. The Hall–Kier alpha value is -2.29. The summed E-state index contributed by atoms with van der Waals surface area (Å²) in [4.78, 5) is 12.8. The van der Waals surface area contributed by atoms with E-state index >= 15 is 0 Å². The average Bonchev–Trinajstić information content (AvgIpc) is 3.23. The molecule has 2 aromatic rings. The second kappa shape index (κ2) is 6.15. The van der Waals surface area contributed by atoms with Crippen LogP contribution < -0.4 is 11.5 Å². The van der Waals surface area contributed by atoms with Gasteiger partial charge in [-0.1, -0.05) is 5.92 Å². The van der Waals surface area contributed by atoms with Crippen molar-refractivity contribution in [3.63, 3.8) is 0 Å². The van der Waals surface area contributed by atoms with E-state index in [1.165, 1.54) is 0 Å². The Bertz CT molecular complexity index is 901. The van der Waals surface area contributed by atoms with Gasteiger partial charge in [0.1, 0.15) is 23.8 Å². The number of nitrogens with two attached hydrogens (primary N) is 2. The highest BCUT2D eigenvalue weighted by molar-refractivity contribution is 5.82. The van der Waals surface area contributed by atoms with Crippen molar-refractivity contribution in [1.29, 1.82) is 0 Å². The summed E-state index contributed by atoms with van der Waals surface area (Å²) in [5.74, 6) is 5.16. The fraction of sp³-hybridized carbons (Fsp3) is 0.562. The summed E-state index contributed by atoms with van der Waals surface area (Å²) < 4.78 is 19.5. The molecule has 2 aromatic heterocycles.